The van der Waals surface area contributed by atoms with Crippen LogP contribution in [0.3, 0.4) is 0 Å². The molecule has 73 valence electrons. The zero-order chi connectivity index (χ0) is 10.1. The van der Waals surface area contributed by atoms with Crippen molar-refractivity contribution in [2.45, 2.75) is 6.10 Å². The van der Waals surface area contributed by atoms with Crippen molar-refractivity contribution < 1.29 is 9.15 Å². The molecule has 1 aromatic carbocycles. The minimum Gasteiger partial charge on any atom is -0.489 e. The van der Waals surface area contributed by atoms with E-state index in [-0.39, 0.29) is 6.10 Å². The predicted molar refractivity (Wildman–Crippen MR) is 57.2 cm³/mol. The number of hydrogen-bond acceptors (Lipinski definition) is 2. The molecule has 0 saturated heterocycles. The zero-order valence-corrected chi connectivity index (χ0v) is 8.01. The maximum absolute atomic E-state index is 5.47. The van der Waals surface area contributed by atoms with Gasteiger partial charge in [0.2, 0.25) is 0 Å². The van der Waals surface area contributed by atoms with Crippen LogP contribution in [0.1, 0.15) is 11.7 Å². The fourth-order valence-electron chi connectivity index (χ4n) is 1.70. The summed E-state index contributed by atoms with van der Waals surface area (Å²) in [6, 6.07) is 7.87. The van der Waals surface area contributed by atoms with Gasteiger partial charge in [-0.25, -0.2) is 0 Å². The summed E-state index contributed by atoms with van der Waals surface area (Å²) in [6.45, 7) is 0. The van der Waals surface area contributed by atoms with Gasteiger partial charge >= 0.3 is 0 Å². The first-order chi connectivity index (χ1) is 7.45. The Morgan fingerprint density at radius 3 is 2.93 bits per heavy atom. The van der Waals surface area contributed by atoms with Gasteiger partial charge < -0.3 is 9.15 Å². The zero-order valence-electron chi connectivity index (χ0n) is 8.01. The molecule has 1 unspecified atom stereocenters. The number of para-hydroxylation sites is 1. The van der Waals surface area contributed by atoms with Crippen LogP contribution in [0.4, 0.5) is 0 Å². The van der Waals surface area contributed by atoms with Gasteiger partial charge in [-0.15, -0.1) is 0 Å². The van der Waals surface area contributed by atoms with Gasteiger partial charge in [0, 0.05) is 5.39 Å². The first-order valence-electron chi connectivity index (χ1n) is 4.83. The second-order valence-corrected chi connectivity index (χ2v) is 3.38. The Bertz CT molecular complexity index is 534. The van der Waals surface area contributed by atoms with Crippen molar-refractivity contribution in [2.24, 2.45) is 0 Å². The SMILES string of the molecule is [c]1oc2ccccc2c1C1C=CC=CO1. The van der Waals surface area contributed by atoms with Crippen molar-refractivity contribution in [1.29, 1.82) is 0 Å². The van der Waals surface area contributed by atoms with E-state index in [9.17, 15) is 0 Å². The van der Waals surface area contributed by atoms with Crippen LogP contribution in [0.15, 0.2) is 53.2 Å². The smallest absolute Gasteiger partial charge is 0.178 e. The summed E-state index contributed by atoms with van der Waals surface area (Å²) in [7, 11) is 0. The molecule has 15 heavy (non-hydrogen) atoms. The van der Waals surface area contributed by atoms with Crippen molar-refractivity contribution in [3.63, 3.8) is 0 Å². The lowest BCUT2D eigenvalue weighted by molar-refractivity contribution is 0.186. The normalized spacial score (nSPS) is 19.3. The summed E-state index contributed by atoms with van der Waals surface area (Å²) >= 11 is 0. The van der Waals surface area contributed by atoms with E-state index in [1.54, 1.807) is 6.26 Å². The number of furan rings is 1. The number of hydrogen-bond donors (Lipinski definition) is 0. The first-order valence-corrected chi connectivity index (χ1v) is 4.83. The minimum absolute atomic E-state index is 0.0846. The molecule has 2 aromatic rings. The highest BCUT2D eigenvalue weighted by Gasteiger charge is 2.16. The van der Waals surface area contributed by atoms with Crippen LogP contribution >= 0.6 is 0 Å². The highest BCUT2D eigenvalue weighted by molar-refractivity contribution is 5.81. The number of fused-ring (bicyclic) bond motifs is 1. The largest absolute Gasteiger partial charge is 0.489 e. The lowest BCUT2D eigenvalue weighted by Crippen LogP contribution is -1.98. The van der Waals surface area contributed by atoms with Gasteiger partial charge in [0.15, 0.2) is 6.26 Å². The summed E-state index contributed by atoms with van der Waals surface area (Å²) in [5.74, 6) is 0. The van der Waals surface area contributed by atoms with Gasteiger partial charge in [-0.1, -0.05) is 24.3 Å². The van der Waals surface area contributed by atoms with Gasteiger partial charge in [0.1, 0.15) is 11.7 Å². The van der Waals surface area contributed by atoms with Crippen molar-refractivity contribution in [3.8, 4) is 0 Å². The Hall–Kier alpha value is -1.96. The number of benzene rings is 1. The first kappa shape index (κ1) is 8.36. The Kier molecular flexibility index (Phi) is 1.85. The number of ether oxygens (including phenoxy) is 1. The van der Waals surface area contributed by atoms with Gasteiger partial charge in [0.05, 0.1) is 11.8 Å². The molecule has 2 nitrogen and oxygen atoms in total. The Morgan fingerprint density at radius 1 is 1.13 bits per heavy atom. The highest BCUT2D eigenvalue weighted by Crippen LogP contribution is 2.30. The van der Waals surface area contributed by atoms with E-state index >= 15 is 0 Å². The predicted octanol–water partition coefficient (Wildman–Crippen LogP) is 3.37. The third-order valence-electron chi connectivity index (χ3n) is 2.43. The van der Waals surface area contributed by atoms with Gasteiger partial charge in [-0.3, -0.25) is 0 Å². The lowest BCUT2D eigenvalue weighted by atomic mass is 10.1. The molecule has 1 aliphatic heterocycles. The van der Waals surface area contributed by atoms with Crippen LogP contribution in [-0.2, 0) is 4.74 Å². The molecular formula is C13H9O2. The fraction of sp³-hybridized carbons (Fsp3) is 0.0769. The quantitative estimate of drug-likeness (QED) is 0.699. The molecular weight excluding hydrogens is 188 g/mol. The molecule has 0 aliphatic carbocycles. The minimum atomic E-state index is -0.0846. The lowest BCUT2D eigenvalue weighted by Gasteiger charge is -2.12. The Morgan fingerprint density at radius 2 is 2.07 bits per heavy atom. The average molecular weight is 197 g/mol. The maximum Gasteiger partial charge on any atom is 0.178 e. The van der Waals surface area contributed by atoms with Crippen molar-refractivity contribution in [1.82, 2.24) is 0 Å². The van der Waals surface area contributed by atoms with Crippen molar-refractivity contribution >= 4 is 11.0 Å². The van der Waals surface area contributed by atoms with E-state index in [1.165, 1.54) is 0 Å². The second kappa shape index (κ2) is 3.31. The van der Waals surface area contributed by atoms with E-state index in [2.05, 4.69) is 6.26 Å². The molecule has 0 saturated carbocycles. The van der Waals surface area contributed by atoms with Crippen LogP contribution in [0.2, 0.25) is 0 Å². The molecule has 0 bridgehead atoms. The molecule has 1 aliphatic rings. The van der Waals surface area contributed by atoms with E-state index < -0.39 is 0 Å². The Labute approximate surface area is 87.5 Å². The van der Waals surface area contributed by atoms with E-state index in [1.807, 2.05) is 42.5 Å². The third-order valence-corrected chi connectivity index (χ3v) is 2.43. The molecule has 0 spiro atoms. The highest BCUT2D eigenvalue weighted by atomic mass is 16.5. The van der Waals surface area contributed by atoms with Crippen molar-refractivity contribution in [3.05, 3.63) is 60.6 Å². The summed E-state index contributed by atoms with van der Waals surface area (Å²) in [5.41, 5.74) is 1.80. The second-order valence-electron chi connectivity index (χ2n) is 3.38. The van der Waals surface area contributed by atoms with Crippen LogP contribution in [0.25, 0.3) is 11.0 Å². The standard InChI is InChI=1S/C13H9O2/c1-2-6-12-10(5-1)11(9-15-12)13-7-3-4-8-14-13/h1-8,13H. The monoisotopic (exact) mass is 197 g/mol. The van der Waals surface area contributed by atoms with E-state index in [0.717, 1.165) is 16.5 Å². The van der Waals surface area contributed by atoms with Crippen molar-refractivity contribution in [2.75, 3.05) is 0 Å². The molecule has 2 heterocycles. The van der Waals surface area contributed by atoms with Crippen LogP contribution in [0, 0.1) is 6.26 Å². The Balaban J connectivity index is 2.11. The molecule has 0 N–H and O–H groups in total. The number of rotatable bonds is 1. The van der Waals surface area contributed by atoms with Crippen LogP contribution < -0.4 is 0 Å². The third kappa shape index (κ3) is 1.34. The molecule has 1 atom stereocenters. The van der Waals surface area contributed by atoms with Gasteiger partial charge in [-0.05, 0) is 18.2 Å². The molecule has 2 heteroatoms. The van der Waals surface area contributed by atoms with Crippen LogP contribution in [-0.4, -0.2) is 0 Å². The summed E-state index contributed by atoms with van der Waals surface area (Å²) in [5, 5.41) is 1.06. The summed E-state index contributed by atoms with van der Waals surface area (Å²) in [6.07, 6.45) is 10.3. The van der Waals surface area contributed by atoms with Crippen LogP contribution in [0.5, 0.6) is 0 Å². The molecule has 0 fully saturated rings. The molecule has 0 amide bonds. The molecule has 1 radical (unpaired) electrons. The summed E-state index contributed by atoms with van der Waals surface area (Å²) < 4.78 is 10.8. The van der Waals surface area contributed by atoms with Gasteiger partial charge in [0.25, 0.3) is 0 Å². The number of allylic oxidation sites excluding steroid dienone is 2. The molecule has 3 rings (SSSR count). The van der Waals surface area contributed by atoms with Gasteiger partial charge in [-0.2, -0.15) is 0 Å². The maximum atomic E-state index is 5.47. The fourth-order valence-corrected chi connectivity index (χ4v) is 1.70. The summed E-state index contributed by atoms with van der Waals surface area (Å²) in [4.78, 5) is 0. The van der Waals surface area contributed by atoms with E-state index in [0.29, 0.717) is 0 Å². The average Bonchev–Trinajstić information content (AvgIpc) is 2.74. The topological polar surface area (TPSA) is 22.4 Å². The molecule has 1 aromatic heterocycles. The van der Waals surface area contributed by atoms with E-state index in [4.69, 9.17) is 9.15 Å².